The summed E-state index contributed by atoms with van der Waals surface area (Å²) in [5.41, 5.74) is 15.6. The molecule has 0 saturated heterocycles. The molecule has 0 bridgehead atoms. The first-order valence-corrected chi connectivity index (χ1v) is 32.8. The van der Waals surface area contributed by atoms with Gasteiger partial charge < -0.3 is 28.4 Å². The number of aromatic nitrogens is 4. The molecular weight excluding hydrogens is 1140 g/mol. The highest BCUT2D eigenvalue weighted by atomic mass is 16.5. The smallest absolute Gasteiger partial charge is 0.123 e. The van der Waals surface area contributed by atoms with Gasteiger partial charge in [-0.05, 0) is 142 Å². The van der Waals surface area contributed by atoms with E-state index >= 15 is 0 Å². The fraction of sp³-hybridized carbons (Fsp3) is 0.463. The summed E-state index contributed by atoms with van der Waals surface area (Å²) >= 11 is 0. The molecule has 92 heavy (non-hydrogen) atoms. The molecular formula is C82H106N4O6. The van der Waals surface area contributed by atoms with Crippen LogP contribution in [0.1, 0.15) is 245 Å². The number of benzene rings is 4. The second-order valence-electron chi connectivity index (χ2n) is 33.4. The van der Waals surface area contributed by atoms with Crippen molar-refractivity contribution in [2.75, 3.05) is 0 Å². The van der Waals surface area contributed by atoms with Crippen molar-refractivity contribution in [2.45, 2.75) is 249 Å². The Hall–Kier alpha value is -7.72. The number of ether oxygens (including phenoxy) is 6. The molecule has 0 amide bonds. The monoisotopic (exact) mass is 1240 g/mol. The van der Waals surface area contributed by atoms with Crippen LogP contribution in [0.5, 0.6) is 34.5 Å². The average molecular weight is 1240 g/mol. The Morgan fingerprint density at radius 2 is 0.348 bits per heavy atom. The highest BCUT2D eigenvalue weighted by Crippen LogP contribution is 2.36. The lowest BCUT2D eigenvalue weighted by Gasteiger charge is -2.25. The molecule has 490 valence electrons. The molecule has 4 aromatic heterocycles. The zero-order valence-electron chi connectivity index (χ0n) is 60.2. The Balaban J connectivity index is 0.985. The molecule has 0 aliphatic heterocycles. The predicted molar refractivity (Wildman–Crippen MR) is 377 cm³/mol. The van der Waals surface area contributed by atoms with Crippen LogP contribution in [-0.4, -0.2) is 19.9 Å². The normalized spacial score (nSPS) is 12.8. The van der Waals surface area contributed by atoms with Crippen molar-refractivity contribution >= 4 is 0 Å². The quantitative estimate of drug-likeness (QED) is 0.0777. The van der Waals surface area contributed by atoms with Crippen LogP contribution < -0.4 is 28.4 Å². The fourth-order valence-corrected chi connectivity index (χ4v) is 10.0. The van der Waals surface area contributed by atoms with Gasteiger partial charge in [-0.3, -0.25) is 19.9 Å². The molecule has 8 rings (SSSR count). The van der Waals surface area contributed by atoms with E-state index in [0.717, 1.165) is 102 Å². The Morgan fingerprint density at radius 3 is 0.511 bits per heavy atom. The molecule has 0 unspecified atom stereocenters. The molecule has 10 heteroatoms. The third-order valence-electron chi connectivity index (χ3n) is 16.0. The third kappa shape index (κ3) is 19.7. The van der Waals surface area contributed by atoms with Crippen LogP contribution in [0.4, 0.5) is 0 Å². The number of rotatable bonds is 19. The number of hydrogen-bond donors (Lipinski definition) is 0. The van der Waals surface area contributed by atoms with E-state index in [2.05, 4.69) is 239 Å². The van der Waals surface area contributed by atoms with Crippen molar-refractivity contribution < 1.29 is 28.4 Å². The largest absolute Gasteiger partial charge is 0.489 e. The SMILES string of the molecule is CC(C)(C)c1cc(COc2cc(COc3ccc(-c4ccc(OCc5cc(OCc6cc(C(C)(C)C)nc(C(C)(C)C)c6)cc(OCc6cc(C(C)(C)C)nc(C(C)(C)C)c6)c5)cc4)cc3)cc(OCc3cc(C(C)(C)C)nc(C(C)(C)C)c3)c2)cc(C(C)(C)C)n1. The summed E-state index contributed by atoms with van der Waals surface area (Å²) in [6, 6.07) is 45.9. The van der Waals surface area contributed by atoms with Gasteiger partial charge >= 0.3 is 0 Å². The Morgan fingerprint density at radius 1 is 0.196 bits per heavy atom. The van der Waals surface area contributed by atoms with Gasteiger partial charge in [0.25, 0.3) is 0 Å². The number of pyridine rings is 4. The van der Waals surface area contributed by atoms with E-state index in [1.807, 2.05) is 60.7 Å². The van der Waals surface area contributed by atoms with Gasteiger partial charge in [0, 0.05) is 101 Å². The van der Waals surface area contributed by atoms with E-state index in [1.165, 1.54) is 0 Å². The van der Waals surface area contributed by atoms with Crippen molar-refractivity contribution in [1.82, 2.24) is 19.9 Å². The summed E-state index contributed by atoms with van der Waals surface area (Å²) in [5.74, 6) is 4.27. The van der Waals surface area contributed by atoms with Gasteiger partial charge in [0.2, 0.25) is 0 Å². The van der Waals surface area contributed by atoms with Crippen molar-refractivity contribution in [2.24, 2.45) is 0 Å². The highest BCUT2D eigenvalue weighted by Gasteiger charge is 2.27. The van der Waals surface area contributed by atoms with Crippen LogP contribution in [0, 0.1) is 0 Å². The minimum atomic E-state index is -0.123. The maximum absolute atomic E-state index is 6.65. The van der Waals surface area contributed by atoms with Gasteiger partial charge in [-0.25, -0.2) is 0 Å². The summed E-state index contributed by atoms with van der Waals surface area (Å²) in [5, 5.41) is 0. The van der Waals surface area contributed by atoms with Crippen LogP contribution in [0.2, 0.25) is 0 Å². The topological polar surface area (TPSA) is 107 Å². The second kappa shape index (κ2) is 27.1. The molecule has 0 aliphatic rings. The third-order valence-corrected chi connectivity index (χ3v) is 16.0. The Bertz CT molecular complexity index is 3250. The van der Waals surface area contributed by atoms with Crippen molar-refractivity contribution in [3.05, 3.63) is 212 Å². The van der Waals surface area contributed by atoms with Crippen LogP contribution in [0.15, 0.2) is 133 Å². The summed E-state index contributed by atoms with van der Waals surface area (Å²) < 4.78 is 39.6. The Kier molecular flexibility index (Phi) is 20.7. The lowest BCUT2D eigenvalue weighted by atomic mass is 9.86. The lowest BCUT2D eigenvalue weighted by Crippen LogP contribution is -2.21. The van der Waals surface area contributed by atoms with Crippen molar-refractivity contribution in [3.63, 3.8) is 0 Å². The minimum absolute atomic E-state index is 0.123. The van der Waals surface area contributed by atoms with Gasteiger partial charge in [-0.2, -0.15) is 0 Å². The molecule has 0 atom stereocenters. The Labute approximate surface area is 552 Å². The fourth-order valence-electron chi connectivity index (χ4n) is 10.0. The summed E-state index contributed by atoms with van der Waals surface area (Å²) in [7, 11) is 0. The first kappa shape index (κ1) is 70.2. The van der Waals surface area contributed by atoms with E-state index in [1.54, 1.807) is 0 Å². The standard InChI is InChI=1S/C82H106N4O6/c1-75(2,3)67-37-55(38-68(83-67)76(4,5)6)49-89-63-33-53(34-64(45-63)90-50-56-39-69(77(7,8)9)84-70(40-56)78(10,11)12)47-87-61-29-25-59(26-30-61)60-27-31-62(32-28-60)88-48-54-35-65(91-51-57-41-71(79(13,14)15)85-72(42-57)80(16,17)18)46-66(36-54)92-52-58-43-73(81(19,20)21)86-74(44-58)82(22,23)24/h25-46H,47-52H2,1-24H3. The molecule has 4 heterocycles. The zero-order chi connectivity index (χ0) is 67.6. The maximum Gasteiger partial charge on any atom is 0.123 e. The van der Waals surface area contributed by atoms with E-state index in [4.69, 9.17) is 48.4 Å². The van der Waals surface area contributed by atoms with Gasteiger partial charge in [0.05, 0.1) is 0 Å². The van der Waals surface area contributed by atoms with Crippen molar-refractivity contribution in [3.8, 4) is 45.6 Å². The predicted octanol–water partition coefficient (Wildman–Crippen LogP) is 20.8. The van der Waals surface area contributed by atoms with Gasteiger partial charge in [0.15, 0.2) is 0 Å². The van der Waals surface area contributed by atoms with E-state index in [0.29, 0.717) is 62.6 Å². The van der Waals surface area contributed by atoms with Crippen molar-refractivity contribution in [1.29, 1.82) is 0 Å². The molecule has 10 nitrogen and oxygen atoms in total. The first-order chi connectivity index (χ1) is 42.5. The molecule has 0 saturated carbocycles. The highest BCUT2D eigenvalue weighted by molar-refractivity contribution is 5.65. The average Bonchev–Trinajstić information content (AvgIpc) is 0.887. The van der Waals surface area contributed by atoms with Crippen LogP contribution in [0.3, 0.4) is 0 Å². The van der Waals surface area contributed by atoms with Gasteiger partial charge in [-0.15, -0.1) is 0 Å². The number of nitrogens with zero attached hydrogens (tertiary/aromatic N) is 4. The van der Waals surface area contributed by atoms with Gasteiger partial charge in [-0.1, -0.05) is 190 Å². The van der Waals surface area contributed by atoms with Gasteiger partial charge in [0.1, 0.15) is 74.1 Å². The van der Waals surface area contributed by atoms with E-state index < -0.39 is 0 Å². The number of hydrogen-bond acceptors (Lipinski definition) is 10. The first-order valence-electron chi connectivity index (χ1n) is 32.8. The zero-order valence-corrected chi connectivity index (χ0v) is 60.2. The van der Waals surface area contributed by atoms with Crippen LogP contribution in [0.25, 0.3) is 11.1 Å². The van der Waals surface area contributed by atoms with E-state index in [9.17, 15) is 0 Å². The summed E-state index contributed by atoms with van der Waals surface area (Å²) in [6.07, 6.45) is 0. The molecule has 0 aliphatic carbocycles. The second-order valence-corrected chi connectivity index (χ2v) is 33.4. The maximum atomic E-state index is 6.65. The minimum Gasteiger partial charge on any atom is -0.489 e. The summed E-state index contributed by atoms with van der Waals surface area (Å²) in [4.78, 5) is 20.4. The molecule has 0 fully saturated rings. The molecule has 0 spiro atoms. The van der Waals surface area contributed by atoms with E-state index in [-0.39, 0.29) is 43.3 Å². The van der Waals surface area contributed by atoms with Crippen LogP contribution in [-0.2, 0) is 83.0 Å². The van der Waals surface area contributed by atoms with Crippen LogP contribution >= 0.6 is 0 Å². The molecule has 8 aromatic rings. The molecule has 0 radical (unpaired) electrons. The summed E-state index contributed by atoms with van der Waals surface area (Å²) in [6.45, 7) is 54.9. The molecule has 0 N–H and O–H groups in total. The lowest BCUT2D eigenvalue weighted by molar-refractivity contribution is 0.281. The molecule has 4 aromatic carbocycles.